The number of rotatable bonds is 5. The van der Waals surface area contributed by atoms with Crippen molar-refractivity contribution in [1.29, 1.82) is 0 Å². The molecule has 4 aromatic rings. The van der Waals surface area contributed by atoms with Crippen LogP contribution >= 0.6 is 11.3 Å². The Morgan fingerprint density at radius 2 is 1.88 bits per heavy atom. The van der Waals surface area contributed by atoms with Gasteiger partial charge in [0.15, 0.2) is 0 Å². The maximum Gasteiger partial charge on any atom is 0.341 e. The third-order valence-electron chi connectivity index (χ3n) is 5.36. The van der Waals surface area contributed by atoms with Crippen molar-refractivity contribution in [1.82, 2.24) is 9.55 Å². The number of aromatic nitrogens is 2. The van der Waals surface area contributed by atoms with Crippen molar-refractivity contribution in [2.75, 3.05) is 6.61 Å². The molecule has 0 saturated heterocycles. The third-order valence-corrected chi connectivity index (χ3v) is 6.48. The molecule has 0 aliphatic heterocycles. The normalized spacial score (nSPS) is 11.4. The van der Waals surface area contributed by atoms with Crippen molar-refractivity contribution in [2.24, 2.45) is 4.99 Å². The van der Waals surface area contributed by atoms with Crippen LogP contribution in [-0.2, 0) is 4.74 Å². The van der Waals surface area contributed by atoms with E-state index in [2.05, 4.69) is 9.98 Å². The van der Waals surface area contributed by atoms with E-state index in [1.54, 1.807) is 43.3 Å². The van der Waals surface area contributed by atoms with Gasteiger partial charge in [-0.25, -0.2) is 19.3 Å². The average molecular weight is 462 g/mol. The smallest absolute Gasteiger partial charge is 0.341 e. The minimum atomic E-state index is -0.436. The van der Waals surface area contributed by atoms with Gasteiger partial charge in [-0.15, -0.1) is 11.3 Å². The van der Waals surface area contributed by atoms with Crippen LogP contribution in [0.25, 0.3) is 16.6 Å². The maximum absolute atomic E-state index is 13.2. The molecule has 8 heteroatoms. The molecule has 168 valence electrons. The van der Waals surface area contributed by atoms with E-state index >= 15 is 0 Å². The topological polar surface area (TPSA) is 93.8 Å². The summed E-state index contributed by atoms with van der Waals surface area (Å²) in [7, 11) is 0. The first kappa shape index (κ1) is 22.4. The number of pyridine rings is 2. The molecule has 0 unspecified atom stereocenters. The van der Waals surface area contributed by atoms with Crippen molar-refractivity contribution in [3.63, 3.8) is 0 Å². The van der Waals surface area contributed by atoms with Crippen LogP contribution in [0.2, 0.25) is 0 Å². The molecule has 3 heterocycles. The Morgan fingerprint density at radius 1 is 1.15 bits per heavy atom. The Morgan fingerprint density at radius 3 is 2.58 bits per heavy atom. The Labute approximate surface area is 194 Å². The number of ether oxygens (including phenoxy) is 1. The van der Waals surface area contributed by atoms with Crippen molar-refractivity contribution < 1.29 is 14.6 Å². The zero-order valence-corrected chi connectivity index (χ0v) is 19.6. The second-order valence-electron chi connectivity index (χ2n) is 7.50. The van der Waals surface area contributed by atoms with Gasteiger partial charge in [-0.3, -0.25) is 4.79 Å². The number of fused-ring (bicyclic) bond motifs is 1. The molecule has 0 radical (unpaired) electrons. The fraction of sp³-hybridized carbons (Fsp3) is 0.200. The first-order valence-electron chi connectivity index (χ1n) is 10.4. The molecule has 3 aromatic heterocycles. The first-order valence-corrected chi connectivity index (χ1v) is 11.3. The summed E-state index contributed by atoms with van der Waals surface area (Å²) in [6, 6.07) is 12.3. The number of nitrogens with zero attached hydrogens (tertiary/aromatic N) is 3. The van der Waals surface area contributed by atoms with E-state index in [0.717, 1.165) is 10.4 Å². The molecule has 4 rings (SSSR count). The van der Waals surface area contributed by atoms with E-state index < -0.39 is 5.97 Å². The number of esters is 1. The zero-order chi connectivity index (χ0) is 23.7. The fourth-order valence-electron chi connectivity index (χ4n) is 3.62. The summed E-state index contributed by atoms with van der Waals surface area (Å²) in [5.74, 6) is -0.398. The lowest BCUT2D eigenvalue weighted by Gasteiger charge is -2.13. The summed E-state index contributed by atoms with van der Waals surface area (Å²) in [5.41, 5.74) is 1.91. The van der Waals surface area contributed by atoms with Gasteiger partial charge < -0.3 is 9.84 Å². The number of hydrogen-bond acceptors (Lipinski definition) is 7. The van der Waals surface area contributed by atoms with Gasteiger partial charge in [0, 0.05) is 27.6 Å². The molecule has 0 saturated carbocycles. The predicted molar refractivity (Wildman–Crippen MR) is 131 cm³/mol. The Hall–Kier alpha value is -3.78. The predicted octanol–water partition coefficient (Wildman–Crippen LogP) is 5.01. The lowest BCUT2D eigenvalue weighted by molar-refractivity contribution is 0.0527. The Bertz CT molecular complexity index is 1470. The molecule has 1 N–H and O–H groups in total. The molecule has 33 heavy (non-hydrogen) atoms. The van der Waals surface area contributed by atoms with Crippen LogP contribution in [0.1, 0.15) is 39.0 Å². The van der Waals surface area contributed by atoms with Gasteiger partial charge >= 0.3 is 5.97 Å². The highest BCUT2D eigenvalue weighted by Crippen LogP contribution is 2.36. The van der Waals surface area contributed by atoms with Gasteiger partial charge in [0.05, 0.1) is 17.7 Å². The van der Waals surface area contributed by atoms with Crippen molar-refractivity contribution in [3.05, 3.63) is 80.1 Å². The van der Waals surface area contributed by atoms with E-state index in [4.69, 9.17) is 4.74 Å². The maximum atomic E-state index is 13.2. The van der Waals surface area contributed by atoms with E-state index in [1.807, 2.05) is 26.8 Å². The number of thiophene rings is 1. The Balaban J connectivity index is 1.95. The quantitative estimate of drug-likeness (QED) is 0.333. The summed E-state index contributed by atoms with van der Waals surface area (Å²) < 4.78 is 6.38. The SMILES string of the molecule is CCOC(=O)c1c(/N=C/c2c(O)n(-c3cccc(C)n3)c(=O)c3ccccc23)sc(C)c1C. The summed E-state index contributed by atoms with van der Waals surface area (Å²) >= 11 is 1.37. The minimum absolute atomic E-state index is 0.260. The summed E-state index contributed by atoms with van der Waals surface area (Å²) in [6.07, 6.45) is 1.48. The average Bonchev–Trinajstić information content (AvgIpc) is 3.07. The van der Waals surface area contributed by atoms with E-state index in [0.29, 0.717) is 38.4 Å². The lowest BCUT2D eigenvalue weighted by Crippen LogP contribution is -2.21. The fourth-order valence-corrected chi connectivity index (χ4v) is 4.61. The number of aliphatic imine (C=N–C) groups is 1. The highest BCUT2D eigenvalue weighted by atomic mass is 32.1. The standard InChI is InChI=1S/C25H23N3O4S/c1-5-32-25(31)21-15(3)16(4)33-22(21)26-13-19-17-10-6-7-11-18(17)23(29)28(24(19)30)20-12-8-9-14(2)27-20/h6-13,30H,5H2,1-4H3/b26-13+. The molecule has 0 fully saturated rings. The van der Waals surface area contributed by atoms with Crippen molar-refractivity contribution >= 4 is 39.3 Å². The van der Waals surface area contributed by atoms with E-state index in [-0.39, 0.29) is 18.0 Å². The molecule has 0 bridgehead atoms. The summed E-state index contributed by atoms with van der Waals surface area (Å²) in [5, 5.41) is 12.6. The van der Waals surface area contributed by atoms with Gasteiger partial charge in [-0.1, -0.05) is 24.3 Å². The summed E-state index contributed by atoms with van der Waals surface area (Å²) in [4.78, 5) is 35.6. The molecule has 0 spiro atoms. The second kappa shape index (κ2) is 8.99. The van der Waals surface area contributed by atoms with Crippen LogP contribution in [0.5, 0.6) is 5.88 Å². The van der Waals surface area contributed by atoms with Crippen LogP contribution in [0, 0.1) is 20.8 Å². The molecule has 0 aliphatic carbocycles. The monoisotopic (exact) mass is 461 g/mol. The van der Waals surface area contributed by atoms with Crippen LogP contribution in [-0.4, -0.2) is 33.4 Å². The first-order chi connectivity index (χ1) is 15.8. The molecule has 0 amide bonds. The molecular weight excluding hydrogens is 438 g/mol. The summed E-state index contributed by atoms with van der Waals surface area (Å²) in [6.45, 7) is 7.59. The van der Waals surface area contributed by atoms with E-state index in [1.165, 1.54) is 22.1 Å². The number of hydrogen-bond donors (Lipinski definition) is 1. The van der Waals surface area contributed by atoms with Gasteiger partial charge in [0.25, 0.3) is 5.56 Å². The van der Waals surface area contributed by atoms with Gasteiger partial charge in [-0.2, -0.15) is 0 Å². The van der Waals surface area contributed by atoms with Gasteiger partial charge in [0.2, 0.25) is 5.88 Å². The van der Waals surface area contributed by atoms with Crippen molar-refractivity contribution in [2.45, 2.75) is 27.7 Å². The van der Waals surface area contributed by atoms with Crippen molar-refractivity contribution in [3.8, 4) is 11.7 Å². The van der Waals surface area contributed by atoms with Crippen LogP contribution in [0.4, 0.5) is 5.00 Å². The molecule has 1 aromatic carbocycles. The third kappa shape index (κ3) is 4.05. The van der Waals surface area contributed by atoms with Gasteiger partial charge in [0.1, 0.15) is 10.8 Å². The van der Waals surface area contributed by atoms with E-state index in [9.17, 15) is 14.7 Å². The van der Waals surface area contributed by atoms with Crippen LogP contribution < -0.4 is 5.56 Å². The number of aromatic hydroxyl groups is 1. The van der Waals surface area contributed by atoms with Crippen LogP contribution in [0.15, 0.2) is 52.3 Å². The zero-order valence-electron chi connectivity index (χ0n) is 18.7. The number of aryl methyl sites for hydroxylation is 2. The molecule has 7 nitrogen and oxygen atoms in total. The minimum Gasteiger partial charge on any atom is -0.494 e. The second-order valence-corrected chi connectivity index (χ2v) is 8.71. The largest absolute Gasteiger partial charge is 0.494 e. The van der Waals surface area contributed by atoms with Crippen LogP contribution in [0.3, 0.4) is 0 Å². The highest BCUT2D eigenvalue weighted by molar-refractivity contribution is 7.16. The Kier molecular flexibility index (Phi) is 6.11. The molecule has 0 atom stereocenters. The van der Waals surface area contributed by atoms with Gasteiger partial charge in [-0.05, 0) is 51.5 Å². The lowest BCUT2D eigenvalue weighted by atomic mass is 10.1. The number of carbonyl (C=O) groups is 1. The number of carbonyl (C=O) groups excluding carboxylic acids is 1. The highest BCUT2D eigenvalue weighted by Gasteiger charge is 2.21. The molecular formula is C25H23N3O4S. The number of benzene rings is 1. The molecule has 0 aliphatic rings.